The molecule has 2 aromatic rings. The molecule has 0 saturated carbocycles. The van der Waals surface area contributed by atoms with E-state index >= 15 is 0 Å². The number of nitrogens with zero attached hydrogens (tertiary/aromatic N) is 2. The van der Waals surface area contributed by atoms with Gasteiger partial charge in [0, 0.05) is 37.9 Å². The summed E-state index contributed by atoms with van der Waals surface area (Å²) in [6.07, 6.45) is 2.78. The van der Waals surface area contributed by atoms with Crippen molar-refractivity contribution in [1.82, 2.24) is 10.3 Å². The molecule has 0 spiro atoms. The van der Waals surface area contributed by atoms with Crippen LogP contribution in [-0.2, 0) is 19.2 Å². The van der Waals surface area contributed by atoms with Crippen LogP contribution in [0.1, 0.15) is 49.4 Å². The number of hydrogen-bond donors (Lipinski definition) is 7. The first kappa shape index (κ1) is 30.3. The Labute approximate surface area is 212 Å². The second-order valence-corrected chi connectivity index (χ2v) is 7.83. The Bertz CT molecular complexity index is 1160. The number of pyridine rings is 1. The minimum absolute atomic E-state index is 0.0110. The molecule has 14 nitrogen and oxygen atoms in total. The van der Waals surface area contributed by atoms with Gasteiger partial charge in [-0.25, -0.2) is 0 Å². The van der Waals surface area contributed by atoms with Gasteiger partial charge in [0.1, 0.15) is 6.04 Å². The van der Waals surface area contributed by atoms with E-state index in [0.29, 0.717) is 23.9 Å². The third kappa shape index (κ3) is 11.5. The summed E-state index contributed by atoms with van der Waals surface area (Å²) < 4.78 is 0. The van der Waals surface area contributed by atoms with Gasteiger partial charge in [-0.3, -0.25) is 33.9 Å². The molecule has 0 aliphatic rings. The van der Waals surface area contributed by atoms with Crippen molar-refractivity contribution in [2.75, 3.05) is 11.9 Å². The summed E-state index contributed by atoms with van der Waals surface area (Å²) in [6, 6.07) is 5.75. The van der Waals surface area contributed by atoms with Crippen molar-refractivity contribution >= 4 is 52.1 Å². The molecule has 0 radical (unpaired) electrons. The van der Waals surface area contributed by atoms with Crippen LogP contribution in [0.2, 0.25) is 0 Å². The molecular formula is C23H32N8O6. The molecule has 1 heterocycles. The fourth-order valence-corrected chi connectivity index (χ4v) is 3.07. The topological polar surface area (TPSA) is 259 Å². The van der Waals surface area contributed by atoms with E-state index in [0.717, 1.165) is 12.8 Å². The molecule has 14 heteroatoms. The average Bonchev–Trinajstić information content (AvgIpc) is 2.81. The van der Waals surface area contributed by atoms with Crippen LogP contribution < -0.4 is 33.6 Å². The van der Waals surface area contributed by atoms with E-state index in [4.69, 9.17) is 28.0 Å². The third-order valence-corrected chi connectivity index (χ3v) is 4.76. The largest absolute Gasteiger partial charge is 0.481 e. The van der Waals surface area contributed by atoms with Gasteiger partial charge in [0.15, 0.2) is 5.96 Å². The second kappa shape index (κ2) is 15.3. The van der Waals surface area contributed by atoms with Crippen LogP contribution >= 0.6 is 0 Å². The number of aromatic nitrogens is 1. The summed E-state index contributed by atoms with van der Waals surface area (Å²) in [6.45, 7) is 1.79. The number of rotatable bonds is 12. The van der Waals surface area contributed by atoms with Gasteiger partial charge < -0.3 is 38.7 Å². The molecule has 2 rings (SSSR count). The van der Waals surface area contributed by atoms with Crippen LogP contribution in [0.15, 0.2) is 35.5 Å². The quantitative estimate of drug-likeness (QED) is 0.109. The number of carboxylic acid groups (broad SMARTS) is 1. The normalized spacial score (nSPS) is 10.8. The van der Waals surface area contributed by atoms with Gasteiger partial charge in [0.25, 0.3) is 5.91 Å². The number of nitrogens with two attached hydrogens (primary N) is 4. The number of primary amides is 2. The number of carbonyl (C=O) groups is 5. The fraction of sp³-hybridized carbons (Fsp3) is 0.348. The highest BCUT2D eigenvalue weighted by atomic mass is 16.4. The Morgan fingerprint density at radius 1 is 1.03 bits per heavy atom. The van der Waals surface area contributed by atoms with Crippen molar-refractivity contribution in [3.63, 3.8) is 0 Å². The molecule has 1 atom stereocenters. The highest BCUT2D eigenvalue weighted by Crippen LogP contribution is 2.26. The highest BCUT2D eigenvalue weighted by Gasteiger charge is 2.23. The van der Waals surface area contributed by atoms with E-state index in [-0.39, 0.29) is 36.0 Å². The lowest BCUT2D eigenvalue weighted by Gasteiger charge is -2.18. The van der Waals surface area contributed by atoms with Crippen LogP contribution in [0, 0.1) is 0 Å². The average molecular weight is 517 g/mol. The van der Waals surface area contributed by atoms with E-state index in [1.54, 1.807) is 24.3 Å². The summed E-state index contributed by atoms with van der Waals surface area (Å²) in [7, 11) is 0. The van der Waals surface area contributed by atoms with Gasteiger partial charge in [-0.15, -0.1) is 0 Å². The Morgan fingerprint density at radius 3 is 2.27 bits per heavy atom. The standard InChI is InChI=1S/C17H18N4O5.C6H14N4O/c1-9(22)20-13(6-7-14(23)24)17(26)21-15-10-4-2-3-5-12(10)19-8-11(15)16(18)25;7-5(11)3-1-2-4-10-6(8)9/h2-5,8,13H,6-7H2,1H3,(H2,18,25)(H,20,22)(H,23,24)(H,19,21,26);1-4H2,(H2,7,11)(H4,8,9,10). The first-order valence-corrected chi connectivity index (χ1v) is 11.2. The molecule has 37 heavy (non-hydrogen) atoms. The van der Waals surface area contributed by atoms with Gasteiger partial charge in [0.05, 0.1) is 16.8 Å². The second-order valence-electron chi connectivity index (χ2n) is 7.83. The number of anilines is 1. The monoisotopic (exact) mass is 516 g/mol. The van der Waals surface area contributed by atoms with Crippen LogP contribution in [0.4, 0.5) is 5.69 Å². The smallest absolute Gasteiger partial charge is 0.303 e. The lowest BCUT2D eigenvalue weighted by molar-refractivity contribution is -0.137. The molecule has 11 N–H and O–H groups in total. The van der Waals surface area contributed by atoms with E-state index < -0.39 is 29.7 Å². The number of fused-ring (bicyclic) bond motifs is 1. The van der Waals surface area contributed by atoms with Crippen LogP contribution in [-0.4, -0.2) is 58.2 Å². The van der Waals surface area contributed by atoms with E-state index in [9.17, 15) is 24.0 Å². The first-order chi connectivity index (χ1) is 17.4. The molecule has 1 unspecified atom stereocenters. The zero-order valence-electron chi connectivity index (χ0n) is 20.4. The number of aliphatic imine (C=N–C) groups is 1. The molecular weight excluding hydrogens is 484 g/mol. The van der Waals surface area contributed by atoms with Crippen molar-refractivity contribution in [2.24, 2.45) is 27.9 Å². The minimum atomic E-state index is -1.10. The molecule has 1 aromatic carbocycles. The number of aliphatic carboxylic acids is 1. The Morgan fingerprint density at radius 2 is 1.70 bits per heavy atom. The zero-order valence-corrected chi connectivity index (χ0v) is 20.4. The van der Waals surface area contributed by atoms with E-state index in [1.807, 2.05) is 0 Å². The van der Waals surface area contributed by atoms with Gasteiger partial charge in [-0.2, -0.15) is 0 Å². The predicted octanol–water partition coefficient (Wildman–Crippen LogP) is -0.443. The number of nitrogens with one attached hydrogen (secondary N) is 2. The molecule has 1 aromatic heterocycles. The van der Waals surface area contributed by atoms with Crippen LogP contribution in [0.25, 0.3) is 10.9 Å². The summed E-state index contributed by atoms with van der Waals surface area (Å²) in [5, 5.41) is 14.3. The summed E-state index contributed by atoms with van der Waals surface area (Å²) in [4.78, 5) is 64.5. The Hall–Kier alpha value is -4.75. The number of guanidine groups is 1. The van der Waals surface area contributed by atoms with Gasteiger partial charge in [0.2, 0.25) is 17.7 Å². The van der Waals surface area contributed by atoms with Gasteiger partial charge >= 0.3 is 5.97 Å². The molecule has 4 amide bonds. The van der Waals surface area contributed by atoms with Gasteiger partial charge in [-0.05, 0) is 25.3 Å². The SMILES string of the molecule is CC(=O)NC(CCC(=O)O)C(=O)Nc1c(C(N)=O)cnc2ccccc12.NC(=O)CCCCN=C(N)N. The number of carboxylic acids is 1. The zero-order chi connectivity index (χ0) is 28.0. The van der Waals surface area contributed by atoms with E-state index in [2.05, 4.69) is 20.6 Å². The molecule has 0 aliphatic carbocycles. The number of para-hydroxylation sites is 1. The first-order valence-electron chi connectivity index (χ1n) is 11.2. The summed E-state index contributed by atoms with van der Waals surface area (Å²) in [5.41, 5.74) is 21.1. The lowest BCUT2D eigenvalue weighted by atomic mass is 10.1. The maximum atomic E-state index is 12.6. The number of hydrogen-bond acceptors (Lipinski definition) is 7. The molecule has 0 aliphatic heterocycles. The maximum absolute atomic E-state index is 12.6. The summed E-state index contributed by atoms with van der Waals surface area (Å²) >= 11 is 0. The maximum Gasteiger partial charge on any atom is 0.303 e. The number of unbranched alkanes of at least 4 members (excludes halogenated alkanes) is 1. The number of benzene rings is 1. The lowest BCUT2D eigenvalue weighted by Crippen LogP contribution is -2.43. The Kier molecular flexibility index (Phi) is 12.5. The summed E-state index contributed by atoms with van der Waals surface area (Å²) in [5.74, 6) is -3.20. The van der Waals surface area contributed by atoms with Crippen molar-refractivity contribution in [3.8, 4) is 0 Å². The van der Waals surface area contributed by atoms with Crippen molar-refractivity contribution in [3.05, 3.63) is 36.0 Å². The van der Waals surface area contributed by atoms with Gasteiger partial charge in [-0.1, -0.05) is 18.2 Å². The molecule has 200 valence electrons. The van der Waals surface area contributed by atoms with Crippen molar-refractivity contribution in [2.45, 2.75) is 45.1 Å². The number of carbonyl (C=O) groups excluding carboxylic acids is 4. The van der Waals surface area contributed by atoms with E-state index in [1.165, 1.54) is 13.1 Å². The molecule has 0 fully saturated rings. The van der Waals surface area contributed by atoms with Crippen molar-refractivity contribution < 1.29 is 29.1 Å². The fourth-order valence-electron chi connectivity index (χ4n) is 3.07. The Balaban J connectivity index is 0.000000525. The van der Waals surface area contributed by atoms with Crippen molar-refractivity contribution in [1.29, 1.82) is 0 Å². The third-order valence-electron chi connectivity index (χ3n) is 4.76. The van der Waals surface area contributed by atoms with Crippen LogP contribution in [0.3, 0.4) is 0 Å². The highest BCUT2D eigenvalue weighted by molar-refractivity contribution is 6.12. The number of amides is 4. The minimum Gasteiger partial charge on any atom is -0.481 e. The molecule has 0 saturated heterocycles. The predicted molar refractivity (Wildman–Crippen MR) is 137 cm³/mol. The van der Waals surface area contributed by atoms with Crippen LogP contribution in [0.5, 0.6) is 0 Å². The molecule has 0 bridgehead atoms.